The third-order valence-electron chi connectivity index (χ3n) is 4.54. The highest BCUT2D eigenvalue weighted by molar-refractivity contribution is 5.62. The van der Waals surface area contributed by atoms with Gasteiger partial charge in [-0.25, -0.2) is 0 Å². The van der Waals surface area contributed by atoms with E-state index < -0.39 is 11.5 Å². The number of anilines is 2. The maximum atomic E-state index is 12.3. The zero-order valence-electron chi connectivity index (χ0n) is 14.8. The van der Waals surface area contributed by atoms with E-state index in [0.29, 0.717) is 12.2 Å². The van der Waals surface area contributed by atoms with E-state index in [9.17, 15) is 24.2 Å². The average molecular weight is 388 g/mol. The molecule has 1 aliphatic rings. The minimum absolute atomic E-state index is 0.0410. The molecule has 7 nitrogen and oxygen atoms in total. The molecule has 0 radical (unpaired) electrons. The Morgan fingerprint density at radius 3 is 2.68 bits per heavy atom. The summed E-state index contributed by atoms with van der Waals surface area (Å²) in [5.41, 5.74) is 1.54. The molecule has 3 rings (SSSR count). The van der Waals surface area contributed by atoms with Crippen molar-refractivity contribution in [2.24, 2.45) is 0 Å². The number of nitrogens with one attached hydrogen (secondary N) is 1. The van der Waals surface area contributed by atoms with E-state index in [-0.39, 0.29) is 23.0 Å². The van der Waals surface area contributed by atoms with Crippen LogP contribution in [0.1, 0.15) is 18.4 Å². The standard InChI is InChI=1S/C19H18F2N4O3/c20-19(21)28-17-6-3-15(4-7-17)24-9-1-2-14(12-24)23-18-8-5-16(25(26)27)10-13(18)11-22/h3-8,10,14,19,23H,1-2,9,12H2. The fraction of sp³-hybridized carbons (Fsp3) is 0.316. The monoisotopic (exact) mass is 388 g/mol. The second-order valence-electron chi connectivity index (χ2n) is 6.40. The summed E-state index contributed by atoms with van der Waals surface area (Å²) in [4.78, 5) is 12.5. The topological polar surface area (TPSA) is 91.4 Å². The van der Waals surface area contributed by atoms with Gasteiger partial charge in [0.15, 0.2) is 0 Å². The van der Waals surface area contributed by atoms with Crippen LogP contribution in [0.25, 0.3) is 0 Å². The average Bonchev–Trinajstić information content (AvgIpc) is 2.68. The first kappa shape index (κ1) is 19.4. The highest BCUT2D eigenvalue weighted by Crippen LogP contribution is 2.27. The first-order valence-electron chi connectivity index (χ1n) is 8.71. The number of ether oxygens (including phenoxy) is 1. The second kappa shape index (κ2) is 8.52. The lowest BCUT2D eigenvalue weighted by Gasteiger charge is -2.35. The van der Waals surface area contributed by atoms with Crippen molar-refractivity contribution in [3.8, 4) is 11.8 Å². The van der Waals surface area contributed by atoms with Crippen molar-refractivity contribution in [1.82, 2.24) is 0 Å². The van der Waals surface area contributed by atoms with Crippen LogP contribution in [0.15, 0.2) is 42.5 Å². The molecule has 1 heterocycles. The number of alkyl halides is 2. The van der Waals surface area contributed by atoms with Crippen molar-refractivity contribution < 1.29 is 18.4 Å². The number of nitrogens with zero attached hydrogens (tertiary/aromatic N) is 3. The van der Waals surface area contributed by atoms with Crippen LogP contribution in [0.4, 0.5) is 25.8 Å². The summed E-state index contributed by atoms with van der Waals surface area (Å²) in [6.07, 6.45) is 1.78. The molecule has 0 saturated carbocycles. The quantitative estimate of drug-likeness (QED) is 0.590. The molecule has 1 atom stereocenters. The predicted octanol–water partition coefficient (Wildman–Crippen LogP) is 4.15. The number of benzene rings is 2. The summed E-state index contributed by atoms with van der Waals surface area (Å²) in [6.45, 7) is -1.39. The molecule has 1 fully saturated rings. The summed E-state index contributed by atoms with van der Waals surface area (Å²) in [7, 11) is 0. The molecule has 146 valence electrons. The lowest BCUT2D eigenvalue weighted by atomic mass is 10.0. The number of hydrogen-bond donors (Lipinski definition) is 1. The van der Waals surface area contributed by atoms with Crippen LogP contribution in [0.3, 0.4) is 0 Å². The number of piperidine rings is 1. The van der Waals surface area contributed by atoms with Gasteiger partial charge in [0.2, 0.25) is 0 Å². The van der Waals surface area contributed by atoms with Gasteiger partial charge in [-0.15, -0.1) is 0 Å². The normalized spacial score (nSPS) is 16.5. The molecule has 1 N–H and O–H groups in total. The van der Waals surface area contributed by atoms with Crippen LogP contribution in [-0.2, 0) is 0 Å². The molecular weight excluding hydrogens is 370 g/mol. The summed E-state index contributed by atoms with van der Waals surface area (Å²) in [6, 6.07) is 12.7. The van der Waals surface area contributed by atoms with Crippen molar-refractivity contribution in [2.75, 3.05) is 23.3 Å². The molecule has 28 heavy (non-hydrogen) atoms. The van der Waals surface area contributed by atoms with E-state index in [2.05, 4.69) is 15.0 Å². The highest BCUT2D eigenvalue weighted by Gasteiger charge is 2.22. The molecule has 0 spiro atoms. The smallest absolute Gasteiger partial charge is 0.387 e. The Labute approximate surface area is 160 Å². The molecule has 1 saturated heterocycles. The molecule has 0 bridgehead atoms. The third-order valence-corrected chi connectivity index (χ3v) is 4.54. The van der Waals surface area contributed by atoms with Crippen LogP contribution in [0, 0.1) is 21.4 Å². The van der Waals surface area contributed by atoms with Crippen LogP contribution >= 0.6 is 0 Å². The van der Waals surface area contributed by atoms with Gasteiger partial charge >= 0.3 is 6.61 Å². The Kier molecular flexibility index (Phi) is 5.89. The van der Waals surface area contributed by atoms with Gasteiger partial charge in [-0.2, -0.15) is 14.0 Å². The highest BCUT2D eigenvalue weighted by atomic mass is 19.3. The Balaban J connectivity index is 1.68. The maximum Gasteiger partial charge on any atom is 0.387 e. The molecule has 0 aromatic heterocycles. The summed E-state index contributed by atoms with van der Waals surface area (Å²) >= 11 is 0. The van der Waals surface area contributed by atoms with Gasteiger partial charge in [-0.05, 0) is 43.2 Å². The van der Waals surface area contributed by atoms with E-state index in [1.165, 1.54) is 24.3 Å². The zero-order valence-corrected chi connectivity index (χ0v) is 14.8. The Morgan fingerprint density at radius 2 is 2.04 bits per heavy atom. The summed E-state index contributed by atoms with van der Waals surface area (Å²) < 4.78 is 28.9. The Bertz CT molecular complexity index is 884. The predicted molar refractivity (Wildman–Crippen MR) is 99.7 cm³/mol. The van der Waals surface area contributed by atoms with Gasteiger partial charge in [0.05, 0.1) is 16.2 Å². The van der Waals surface area contributed by atoms with Gasteiger partial charge in [0, 0.05) is 37.0 Å². The van der Waals surface area contributed by atoms with Crippen molar-refractivity contribution in [3.05, 3.63) is 58.1 Å². The number of hydrogen-bond acceptors (Lipinski definition) is 6. The number of non-ortho nitro benzene ring substituents is 1. The largest absolute Gasteiger partial charge is 0.435 e. The zero-order chi connectivity index (χ0) is 20.1. The summed E-state index contributed by atoms with van der Waals surface area (Å²) in [5, 5.41) is 23.4. The third kappa shape index (κ3) is 4.65. The van der Waals surface area contributed by atoms with Gasteiger partial charge < -0.3 is 15.0 Å². The van der Waals surface area contributed by atoms with E-state index in [0.717, 1.165) is 25.1 Å². The molecule has 1 aliphatic heterocycles. The van der Waals surface area contributed by atoms with E-state index in [4.69, 9.17) is 0 Å². The fourth-order valence-electron chi connectivity index (χ4n) is 3.25. The number of nitriles is 1. The minimum atomic E-state index is -2.86. The summed E-state index contributed by atoms with van der Waals surface area (Å²) in [5.74, 6) is 0.106. The van der Waals surface area contributed by atoms with E-state index in [1.54, 1.807) is 18.2 Å². The van der Waals surface area contributed by atoms with Crippen LogP contribution in [0.5, 0.6) is 5.75 Å². The number of nitro groups is 1. The number of nitro benzene ring substituents is 1. The molecule has 2 aromatic rings. The molecule has 9 heteroatoms. The van der Waals surface area contributed by atoms with Gasteiger partial charge in [-0.1, -0.05) is 0 Å². The Hall–Kier alpha value is -3.41. The van der Waals surface area contributed by atoms with E-state index in [1.807, 2.05) is 6.07 Å². The van der Waals surface area contributed by atoms with Crippen molar-refractivity contribution >= 4 is 17.1 Å². The van der Waals surface area contributed by atoms with Crippen molar-refractivity contribution in [2.45, 2.75) is 25.5 Å². The molecule has 1 unspecified atom stereocenters. The number of halogens is 2. The minimum Gasteiger partial charge on any atom is -0.435 e. The first-order valence-corrected chi connectivity index (χ1v) is 8.71. The Morgan fingerprint density at radius 1 is 1.29 bits per heavy atom. The first-order chi connectivity index (χ1) is 13.5. The van der Waals surface area contributed by atoms with Gasteiger partial charge in [0.25, 0.3) is 5.69 Å². The lowest BCUT2D eigenvalue weighted by molar-refractivity contribution is -0.384. The SMILES string of the molecule is N#Cc1cc([N+](=O)[O-])ccc1NC1CCCN(c2ccc(OC(F)F)cc2)C1. The molecule has 0 aliphatic carbocycles. The molecule has 0 amide bonds. The van der Waals surface area contributed by atoms with Crippen LogP contribution in [-0.4, -0.2) is 30.7 Å². The van der Waals surface area contributed by atoms with Gasteiger partial charge in [-0.3, -0.25) is 10.1 Å². The fourth-order valence-corrected chi connectivity index (χ4v) is 3.25. The number of rotatable bonds is 6. The second-order valence-corrected chi connectivity index (χ2v) is 6.40. The van der Waals surface area contributed by atoms with Crippen LogP contribution in [0.2, 0.25) is 0 Å². The molecular formula is C19H18F2N4O3. The van der Waals surface area contributed by atoms with Crippen molar-refractivity contribution in [1.29, 1.82) is 5.26 Å². The lowest BCUT2D eigenvalue weighted by Crippen LogP contribution is -2.42. The van der Waals surface area contributed by atoms with E-state index >= 15 is 0 Å². The van der Waals surface area contributed by atoms with Crippen LogP contribution < -0.4 is 15.0 Å². The van der Waals surface area contributed by atoms with Gasteiger partial charge in [0.1, 0.15) is 11.8 Å². The maximum absolute atomic E-state index is 12.3. The van der Waals surface area contributed by atoms with Crippen molar-refractivity contribution in [3.63, 3.8) is 0 Å². The molecule has 2 aromatic carbocycles.